The molecule has 3 aromatic rings. The van der Waals surface area contributed by atoms with E-state index in [9.17, 15) is 29.0 Å². The van der Waals surface area contributed by atoms with E-state index in [2.05, 4.69) is 0 Å². The molecule has 326 valence electrons. The van der Waals surface area contributed by atoms with Crippen molar-refractivity contribution in [1.82, 2.24) is 0 Å². The number of aliphatic hydroxyl groups excluding tert-OH is 3. The Morgan fingerprint density at radius 1 is 0.397 bits per heavy atom. The molecule has 0 bridgehead atoms. The summed E-state index contributed by atoms with van der Waals surface area (Å²) >= 11 is 0. The van der Waals surface area contributed by atoms with E-state index in [1.54, 1.807) is 77.9 Å². The molecule has 0 spiro atoms. The van der Waals surface area contributed by atoms with Crippen LogP contribution in [-0.2, 0) is 40.8 Å². The molecule has 3 aromatic carbocycles. The van der Waals surface area contributed by atoms with Gasteiger partial charge in [-0.2, -0.15) is 0 Å². The molecule has 15 nitrogen and oxygen atoms in total. The first-order valence-corrected chi connectivity index (χ1v) is 24.8. The van der Waals surface area contributed by atoms with Crippen LogP contribution in [0.25, 0.3) is 0 Å². The number of hydrogen-bond donors (Lipinski definition) is 3. The molecule has 0 aliphatic carbocycles. The van der Waals surface area contributed by atoms with Crippen LogP contribution in [0, 0.1) is 0 Å². The van der Waals surface area contributed by atoms with Gasteiger partial charge in [-0.25, -0.2) is 0 Å². The van der Waals surface area contributed by atoms with Gasteiger partial charge < -0.3 is 56.7 Å². The summed E-state index contributed by atoms with van der Waals surface area (Å²) in [6, 6.07) is 22.1. The van der Waals surface area contributed by atoms with Gasteiger partial charge in [-0.3, -0.25) is 13.7 Å². The largest absolute Gasteiger partial charge is 0.491 e. The molecule has 3 atom stereocenters. The number of aliphatic hydroxyl groups is 3. The summed E-state index contributed by atoms with van der Waals surface area (Å²) in [4.78, 5) is 0. The van der Waals surface area contributed by atoms with Crippen molar-refractivity contribution in [2.75, 3.05) is 77.9 Å². The number of benzene rings is 3. The average Bonchev–Trinajstić information content (AvgIpc) is 3.17. The minimum Gasteiger partial charge on any atom is -0.491 e. The summed E-state index contributed by atoms with van der Waals surface area (Å²) in [7, 11) is -10.4. The molecule has 0 amide bonds. The van der Waals surface area contributed by atoms with E-state index >= 15 is 0 Å². The summed E-state index contributed by atoms with van der Waals surface area (Å²) in [6.07, 6.45) is -3.85. The number of rotatable bonds is 30. The van der Waals surface area contributed by atoms with Crippen LogP contribution in [0.3, 0.4) is 0 Å². The van der Waals surface area contributed by atoms with Gasteiger partial charge in [-0.05, 0) is 94.6 Å². The van der Waals surface area contributed by atoms with Gasteiger partial charge in [0, 0.05) is 5.92 Å². The first-order valence-electron chi connectivity index (χ1n) is 19.6. The van der Waals surface area contributed by atoms with Crippen LogP contribution < -0.4 is 14.2 Å². The Balaban J connectivity index is 1.80. The van der Waals surface area contributed by atoms with Crippen molar-refractivity contribution in [3.8, 4) is 17.2 Å². The molecule has 0 fully saturated rings. The second kappa shape index (κ2) is 25.2. The molecule has 0 aromatic heterocycles. The minimum absolute atomic E-state index is 0.122. The Morgan fingerprint density at radius 3 is 0.793 bits per heavy atom. The predicted octanol–water partition coefficient (Wildman–Crippen LogP) is 7.88. The molecule has 3 unspecified atom stereocenters. The molecule has 0 saturated heterocycles. The minimum atomic E-state index is -3.46. The van der Waals surface area contributed by atoms with Gasteiger partial charge in [0.15, 0.2) is 0 Å². The number of ether oxygens (including phenoxy) is 3. The second-order valence-electron chi connectivity index (χ2n) is 12.9. The van der Waals surface area contributed by atoms with E-state index in [4.69, 9.17) is 41.4 Å². The molecule has 0 heterocycles. The molecule has 58 heavy (non-hydrogen) atoms. The van der Waals surface area contributed by atoms with E-state index in [1.165, 1.54) is 0 Å². The van der Waals surface area contributed by atoms with E-state index in [0.29, 0.717) is 17.2 Å². The van der Waals surface area contributed by atoms with E-state index in [1.807, 2.05) is 36.4 Å². The standard InChI is InChI=1S/C40H61O15P3/c1-7-50-56(44,51-8-2)28-34(41)25-47-37-19-13-31(14-20-37)40(32-15-21-38(22-16-32)48-26-35(42)29-57(45,52-9-3)53-10-4)33-17-23-39(24-18-33)49-27-36(43)30-58(46,54-11-5)55-12-6/h13-24,34-36,40-43H,7-12,25-30H2,1-6H3. The highest BCUT2D eigenvalue weighted by atomic mass is 31.2. The molecule has 0 saturated carbocycles. The summed E-state index contributed by atoms with van der Waals surface area (Å²) in [5.74, 6) is 1.19. The fourth-order valence-electron chi connectivity index (χ4n) is 5.96. The van der Waals surface area contributed by atoms with Crippen molar-refractivity contribution >= 4 is 22.8 Å². The third-order valence-electron chi connectivity index (χ3n) is 8.23. The van der Waals surface area contributed by atoms with Crippen molar-refractivity contribution < 1.29 is 70.4 Å². The van der Waals surface area contributed by atoms with Gasteiger partial charge in [0.1, 0.15) is 37.1 Å². The fourth-order valence-corrected chi connectivity index (χ4v) is 11.0. The summed E-state index contributed by atoms with van der Waals surface area (Å²) < 4.78 is 87.8. The third kappa shape index (κ3) is 16.8. The van der Waals surface area contributed by atoms with Crippen LogP contribution in [0.4, 0.5) is 0 Å². The SMILES string of the molecule is CCOP(=O)(CC(O)COc1ccc(C(c2ccc(OCC(O)CP(=O)(OCC)OCC)cc2)c2ccc(OCC(O)CP(=O)(OCC)OCC)cc2)cc1)OCC. The number of hydrogen-bond acceptors (Lipinski definition) is 15. The van der Waals surface area contributed by atoms with Crippen molar-refractivity contribution in [1.29, 1.82) is 0 Å². The topological polar surface area (TPSA) is 195 Å². The van der Waals surface area contributed by atoms with Crippen molar-refractivity contribution in [2.24, 2.45) is 0 Å². The van der Waals surface area contributed by atoms with Gasteiger partial charge >= 0.3 is 22.8 Å². The summed E-state index contributed by atoms with van der Waals surface area (Å²) in [6.45, 7) is 11.0. The third-order valence-corrected chi connectivity index (χ3v) is 14.7. The molecular weight excluding hydrogens is 813 g/mol. The maximum atomic E-state index is 12.8. The lowest BCUT2D eigenvalue weighted by Gasteiger charge is -2.22. The van der Waals surface area contributed by atoms with Crippen molar-refractivity contribution in [2.45, 2.75) is 65.8 Å². The average molecular weight is 875 g/mol. The van der Waals surface area contributed by atoms with Crippen LogP contribution in [0.2, 0.25) is 0 Å². The first kappa shape index (κ1) is 49.8. The Hall–Kier alpha value is -2.61. The molecule has 0 aliphatic heterocycles. The van der Waals surface area contributed by atoms with E-state index < -0.39 is 41.1 Å². The van der Waals surface area contributed by atoms with E-state index in [0.717, 1.165) is 16.7 Å². The second-order valence-corrected chi connectivity index (χ2v) is 19.2. The first-order chi connectivity index (χ1) is 27.7. The molecule has 3 rings (SSSR count). The Morgan fingerprint density at radius 2 is 0.603 bits per heavy atom. The highest BCUT2D eigenvalue weighted by Gasteiger charge is 2.30. The lowest BCUT2D eigenvalue weighted by molar-refractivity contribution is 0.113. The zero-order chi connectivity index (χ0) is 42.6. The van der Waals surface area contributed by atoms with Crippen LogP contribution in [0.15, 0.2) is 72.8 Å². The molecular formula is C40H61O15P3. The zero-order valence-electron chi connectivity index (χ0n) is 34.3. The van der Waals surface area contributed by atoms with Crippen LogP contribution >= 0.6 is 22.8 Å². The molecule has 3 N–H and O–H groups in total. The van der Waals surface area contributed by atoms with Crippen molar-refractivity contribution in [3.05, 3.63) is 89.5 Å². The fraction of sp³-hybridized carbons (Fsp3) is 0.550. The van der Waals surface area contributed by atoms with Crippen molar-refractivity contribution in [3.63, 3.8) is 0 Å². The van der Waals surface area contributed by atoms with Gasteiger partial charge in [-0.15, -0.1) is 0 Å². The summed E-state index contributed by atoms with van der Waals surface area (Å²) in [5, 5.41) is 31.7. The Labute approximate surface area is 342 Å². The Bertz CT molecular complexity index is 1510. The van der Waals surface area contributed by atoms with Crippen LogP contribution in [0.5, 0.6) is 17.2 Å². The molecule has 0 radical (unpaired) electrons. The normalized spacial score (nSPS) is 14.4. The lowest BCUT2D eigenvalue weighted by Crippen LogP contribution is -2.23. The van der Waals surface area contributed by atoms with Crippen LogP contribution in [0.1, 0.15) is 64.2 Å². The highest BCUT2D eigenvalue weighted by molar-refractivity contribution is 7.54. The maximum Gasteiger partial charge on any atom is 0.333 e. The molecule has 18 heteroatoms. The van der Waals surface area contributed by atoms with Gasteiger partial charge in [0.2, 0.25) is 0 Å². The lowest BCUT2D eigenvalue weighted by atomic mass is 9.85. The highest BCUT2D eigenvalue weighted by Crippen LogP contribution is 2.50. The summed E-state index contributed by atoms with van der Waals surface area (Å²) in [5.41, 5.74) is 2.72. The quantitative estimate of drug-likeness (QED) is 0.0432. The van der Waals surface area contributed by atoms with Gasteiger partial charge in [0.25, 0.3) is 0 Å². The van der Waals surface area contributed by atoms with Gasteiger partial charge in [-0.1, -0.05) is 36.4 Å². The Kier molecular flexibility index (Phi) is 21.6. The smallest absolute Gasteiger partial charge is 0.333 e. The zero-order valence-corrected chi connectivity index (χ0v) is 37.0. The van der Waals surface area contributed by atoms with Gasteiger partial charge in [0.05, 0.1) is 76.4 Å². The predicted molar refractivity (Wildman–Crippen MR) is 222 cm³/mol. The maximum absolute atomic E-state index is 12.8. The van der Waals surface area contributed by atoms with E-state index in [-0.39, 0.29) is 83.9 Å². The monoisotopic (exact) mass is 874 g/mol. The molecule has 0 aliphatic rings. The van der Waals surface area contributed by atoms with Crippen LogP contribution in [-0.4, -0.2) is 112 Å².